The number of aliphatic hydroxyl groups is 1. The molecule has 1 aromatic carbocycles. The topological polar surface area (TPSA) is 146 Å². The van der Waals surface area contributed by atoms with Crippen LogP contribution in [0.2, 0.25) is 0 Å². The second kappa shape index (κ2) is 11.4. The number of aliphatic hydroxyl groups excluding tert-OH is 1. The lowest BCUT2D eigenvalue weighted by Gasteiger charge is -2.17. The Morgan fingerprint density at radius 1 is 0.974 bits per heavy atom. The summed E-state index contributed by atoms with van der Waals surface area (Å²) in [6.45, 7) is 3.68. The van der Waals surface area contributed by atoms with Gasteiger partial charge in [-0.1, -0.05) is 32.0 Å². The van der Waals surface area contributed by atoms with Crippen LogP contribution < -0.4 is 18.9 Å². The summed E-state index contributed by atoms with van der Waals surface area (Å²) in [6.07, 6.45) is 3.00. The highest BCUT2D eigenvalue weighted by atomic mass is 32.2. The fourth-order valence-electron chi connectivity index (χ4n) is 3.45. The van der Waals surface area contributed by atoms with Gasteiger partial charge >= 0.3 is 0 Å². The normalized spacial score (nSPS) is 11.3. The lowest BCUT2D eigenvalue weighted by Crippen LogP contribution is -2.17. The SMILES string of the molecule is COc1ccccc1Oc1c(NS(=O)(=O)c2ccc(C(C)C)cn2)nc(-c2ccnc(CO)c2)nc1OC. The Morgan fingerprint density at radius 3 is 2.37 bits per heavy atom. The largest absolute Gasteiger partial charge is 0.493 e. The maximum atomic E-state index is 13.4. The molecule has 12 heteroatoms. The van der Waals surface area contributed by atoms with Crippen molar-refractivity contribution in [3.8, 4) is 34.5 Å². The van der Waals surface area contributed by atoms with Gasteiger partial charge in [0, 0.05) is 18.0 Å². The molecule has 198 valence electrons. The summed E-state index contributed by atoms with van der Waals surface area (Å²) in [5, 5.41) is 9.30. The molecule has 2 N–H and O–H groups in total. The van der Waals surface area contributed by atoms with Crippen molar-refractivity contribution in [1.29, 1.82) is 0 Å². The fourth-order valence-corrected chi connectivity index (χ4v) is 4.38. The third kappa shape index (κ3) is 5.82. The van der Waals surface area contributed by atoms with Crippen LogP contribution in [0.3, 0.4) is 0 Å². The molecule has 3 aromatic heterocycles. The van der Waals surface area contributed by atoms with Crippen molar-refractivity contribution >= 4 is 15.8 Å². The summed E-state index contributed by atoms with van der Waals surface area (Å²) in [5.74, 6) is 0.688. The molecular formula is C26H27N5O6S. The van der Waals surface area contributed by atoms with Crippen molar-refractivity contribution in [3.63, 3.8) is 0 Å². The van der Waals surface area contributed by atoms with E-state index in [1.807, 2.05) is 13.8 Å². The van der Waals surface area contributed by atoms with Crippen molar-refractivity contribution in [1.82, 2.24) is 19.9 Å². The molecule has 3 heterocycles. The zero-order valence-electron chi connectivity index (χ0n) is 21.2. The first-order chi connectivity index (χ1) is 18.2. The van der Waals surface area contributed by atoms with E-state index in [4.69, 9.17) is 14.2 Å². The Labute approximate surface area is 220 Å². The van der Waals surface area contributed by atoms with Crippen LogP contribution in [-0.2, 0) is 16.6 Å². The van der Waals surface area contributed by atoms with Gasteiger partial charge in [-0.3, -0.25) is 9.71 Å². The Balaban J connectivity index is 1.85. The van der Waals surface area contributed by atoms with Crippen LogP contribution >= 0.6 is 0 Å². The summed E-state index contributed by atoms with van der Waals surface area (Å²) in [5.41, 5.74) is 1.76. The van der Waals surface area contributed by atoms with Gasteiger partial charge in [0.1, 0.15) is 0 Å². The number of aromatic nitrogens is 4. The lowest BCUT2D eigenvalue weighted by atomic mass is 10.1. The molecule has 11 nitrogen and oxygen atoms in total. The molecule has 0 amide bonds. The first-order valence-electron chi connectivity index (χ1n) is 11.6. The summed E-state index contributed by atoms with van der Waals surface area (Å²) in [4.78, 5) is 17.1. The van der Waals surface area contributed by atoms with E-state index in [2.05, 4.69) is 24.7 Å². The third-order valence-electron chi connectivity index (χ3n) is 5.48. The zero-order chi connectivity index (χ0) is 27.3. The Kier molecular flexibility index (Phi) is 8.03. The van der Waals surface area contributed by atoms with Crippen LogP contribution in [0.25, 0.3) is 11.4 Å². The minimum absolute atomic E-state index is 0.0379. The number of rotatable bonds is 10. The molecule has 0 saturated heterocycles. The molecule has 0 atom stereocenters. The quantitative estimate of drug-likeness (QED) is 0.302. The molecule has 0 radical (unpaired) electrons. The lowest BCUT2D eigenvalue weighted by molar-refractivity contribution is 0.277. The number of benzene rings is 1. The molecule has 0 unspecified atom stereocenters. The van der Waals surface area contributed by atoms with E-state index < -0.39 is 10.0 Å². The highest BCUT2D eigenvalue weighted by molar-refractivity contribution is 7.92. The molecule has 0 saturated carbocycles. The van der Waals surface area contributed by atoms with Crippen LogP contribution in [-0.4, -0.2) is 47.7 Å². The predicted octanol–water partition coefficient (Wildman–Crippen LogP) is 4.16. The van der Waals surface area contributed by atoms with Gasteiger partial charge in [-0.25, -0.2) is 9.97 Å². The monoisotopic (exact) mass is 537 g/mol. The van der Waals surface area contributed by atoms with Gasteiger partial charge in [0.25, 0.3) is 15.9 Å². The number of hydrogen-bond acceptors (Lipinski definition) is 10. The number of ether oxygens (including phenoxy) is 3. The van der Waals surface area contributed by atoms with Gasteiger partial charge < -0.3 is 19.3 Å². The number of pyridine rings is 2. The van der Waals surface area contributed by atoms with Gasteiger partial charge in [0.2, 0.25) is 5.75 Å². The third-order valence-corrected chi connectivity index (χ3v) is 6.73. The summed E-state index contributed by atoms with van der Waals surface area (Å²) < 4.78 is 46.1. The summed E-state index contributed by atoms with van der Waals surface area (Å²) in [6, 6.07) is 13.2. The van der Waals surface area contributed by atoms with E-state index in [9.17, 15) is 13.5 Å². The highest BCUT2D eigenvalue weighted by Crippen LogP contribution is 2.41. The van der Waals surface area contributed by atoms with Crippen molar-refractivity contribution in [2.45, 2.75) is 31.4 Å². The number of methoxy groups -OCH3 is 2. The number of nitrogens with zero attached hydrogens (tertiary/aromatic N) is 4. The van der Waals surface area contributed by atoms with E-state index in [1.165, 1.54) is 32.7 Å². The number of anilines is 1. The van der Waals surface area contributed by atoms with Gasteiger partial charge in [-0.15, -0.1) is 0 Å². The van der Waals surface area contributed by atoms with Crippen LogP contribution in [0.1, 0.15) is 31.0 Å². The van der Waals surface area contributed by atoms with Crippen molar-refractivity contribution in [3.05, 3.63) is 72.2 Å². The maximum Gasteiger partial charge on any atom is 0.280 e. The second-order valence-corrected chi connectivity index (χ2v) is 10.0. The van der Waals surface area contributed by atoms with E-state index >= 15 is 0 Å². The average Bonchev–Trinajstić information content (AvgIpc) is 2.94. The Bertz CT molecular complexity index is 1530. The molecule has 0 spiro atoms. The molecule has 4 aromatic rings. The first-order valence-corrected chi connectivity index (χ1v) is 13.1. The molecule has 0 bridgehead atoms. The Hall–Kier alpha value is -4.29. The standard InChI is InChI=1S/C26H27N5O6S/c1-16(2)18-9-10-22(28-14-18)38(33,34)31-25-23(37-21-8-6-5-7-20(21)35-3)26(36-4)30-24(29-25)17-11-12-27-19(13-17)15-32/h5-14,16,32H,15H2,1-4H3,(H,29,30,31). The van der Waals surface area contributed by atoms with Gasteiger partial charge in [-0.2, -0.15) is 13.4 Å². The Morgan fingerprint density at radius 2 is 1.74 bits per heavy atom. The molecule has 4 rings (SSSR count). The summed E-state index contributed by atoms with van der Waals surface area (Å²) in [7, 11) is -1.34. The minimum atomic E-state index is -4.19. The van der Waals surface area contributed by atoms with Crippen LogP contribution in [0.4, 0.5) is 5.82 Å². The molecular weight excluding hydrogens is 510 g/mol. The van der Waals surface area contributed by atoms with Crippen LogP contribution in [0.5, 0.6) is 23.1 Å². The average molecular weight is 538 g/mol. The molecule has 0 aliphatic rings. The number of hydrogen-bond donors (Lipinski definition) is 2. The number of nitrogens with one attached hydrogen (secondary N) is 1. The summed E-state index contributed by atoms with van der Waals surface area (Å²) >= 11 is 0. The van der Waals surface area contributed by atoms with E-state index in [0.29, 0.717) is 17.0 Å². The van der Waals surface area contributed by atoms with Crippen LogP contribution in [0, 0.1) is 0 Å². The number of sulfonamides is 1. The van der Waals surface area contributed by atoms with Gasteiger partial charge in [-0.05, 0) is 41.8 Å². The van der Waals surface area contributed by atoms with Gasteiger partial charge in [0.15, 0.2) is 28.2 Å². The fraction of sp³-hybridized carbons (Fsp3) is 0.231. The molecule has 38 heavy (non-hydrogen) atoms. The maximum absolute atomic E-state index is 13.4. The zero-order valence-corrected chi connectivity index (χ0v) is 22.1. The molecule has 0 aliphatic carbocycles. The van der Waals surface area contributed by atoms with Gasteiger partial charge in [0.05, 0.1) is 26.5 Å². The highest BCUT2D eigenvalue weighted by Gasteiger charge is 2.26. The van der Waals surface area contributed by atoms with E-state index in [-0.39, 0.29) is 46.6 Å². The van der Waals surface area contributed by atoms with Crippen molar-refractivity contribution in [2.75, 3.05) is 18.9 Å². The van der Waals surface area contributed by atoms with Crippen molar-refractivity contribution in [2.24, 2.45) is 0 Å². The smallest absolute Gasteiger partial charge is 0.280 e. The van der Waals surface area contributed by atoms with Crippen molar-refractivity contribution < 1.29 is 27.7 Å². The first kappa shape index (κ1) is 26.8. The number of para-hydroxylation sites is 2. The van der Waals surface area contributed by atoms with E-state index in [1.54, 1.807) is 42.5 Å². The molecule has 0 aliphatic heterocycles. The van der Waals surface area contributed by atoms with Crippen LogP contribution in [0.15, 0.2) is 66.0 Å². The predicted molar refractivity (Wildman–Crippen MR) is 140 cm³/mol. The second-order valence-electron chi connectivity index (χ2n) is 8.37. The van der Waals surface area contributed by atoms with E-state index in [0.717, 1.165) is 5.56 Å². The minimum Gasteiger partial charge on any atom is -0.493 e. The molecule has 0 fully saturated rings.